The number of hydrogen-bond donors (Lipinski definition) is 1. The maximum Gasteiger partial charge on any atom is 0.0468 e. The van der Waals surface area contributed by atoms with Crippen molar-refractivity contribution in [1.82, 2.24) is 5.32 Å². The topological polar surface area (TPSA) is 12.0 Å². The molecule has 0 aromatic heterocycles. The van der Waals surface area contributed by atoms with E-state index < -0.39 is 0 Å². The molecule has 1 unspecified atom stereocenters. The van der Waals surface area contributed by atoms with E-state index in [1.807, 2.05) is 31.3 Å². The standard InChI is InChI=1S/C15H14BrCl2N/c1-19-15(8-10-3-2-4-11(16)7-10)13-6-5-12(17)9-14(13)18/h2-7,9,15,19H,8H2,1H3. The van der Waals surface area contributed by atoms with Gasteiger partial charge in [0.15, 0.2) is 0 Å². The molecule has 1 nitrogen and oxygen atoms in total. The van der Waals surface area contributed by atoms with Crippen molar-refractivity contribution >= 4 is 39.1 Å². The summed E-state index contributed by atoms with van der Waals surface area (Å²) in [5, 5.41) is 4.66. The molecule has 0 heterocycles. The molecule has 0 bridgehead atoms. The Hall–Kier alpha value is -0.540. The lowest BCUT2D eigenvalue weighted by Gasteiger charge is -2.18. The van der Waals surface area contributed by atoms with Gasteiger partial charge in [0.05, 0.1) is 0 Å². The minimum absolute atomic E-state index is 0.166. The molecule has 100 valence electrons. The van der Waals surface area contributed by atoms with Gasteiger partial charge in [-0.25, -0.2) is 0 Å². The normalized spacial score (nSPS) is 12.4. The van der Waals surface area contributed by atoms with Gasteiger partial charge < -0.3 is 5.32 Å². The van der Waals surface area contributed by atoms with Gasteiger partial charge in [-0.05, 0) is 48.9 Å². The first-order chi connectivity index (χ1) is 9.10. The molecule has 2 aromatic rings. The molecule has 0 amide bonds. The summed E-state index contributed by atoms with van der Waals surface area (Å²) >= 11 is 15.7. The van der Waals surface area contributed by atoms with E-state index >= 15 is 0 Å². The number of likely N-dealkylation sites (N-methyl/N-ethyl adjacent to an activating group) is 1. The predicted octanol–water partition coefficient (Wildman–Crippen LogP) is 5.26. The molecule has 0 aliphatic heterocycles. The van der Waals surface area contributed by atoms with E-state index in [4.69, 9.17) is 23.2 Å². The Bertz CT molecular complexity index is 572. The van der Waals surface area contributed by atoms with E-state index in [1.54, 1.807) is 6.07 Å². The average Bonchev–Trinajstić information content (AvgIpc) is 2.37. The monoisotopic (exact) mass is 357 g/mol. The van der Waals surface area contributed by atoms with E-state index in [2.05, 4.69) is 33.4 Å². The van der Waals surface area contributed by atoms with Gasteiger partial charge in [0, 0.05) is 20.6 Å². The largest absolute Gasteiger partial charge is 0.313 e. The van der Waals surface area contributed by atoms with Crippen LogP contribution in [0.2, 0.25) is 10.0 Å². The molecule has 1 N–H and O–H groups in total. The quantitative estimate of drug-likeness (QED) is 0.786. The Balaban J connectivity index is 2.25. The van der Waals surface area contributed by atoms with Crippen molar-refractivity contribution in [3.63, 3.8) is 0 Å². The minimum Gasteiger partial charge on any atom is -0.313 e. The molecule has 2 aromatic carbocycles. The fraction of sp³-hybridized carbons (Fsp3) is 0.200. The summed E-state index contributed by atoms with van der Waals surface area (Å²) in [7, 11) is 1.94. The second-order valence-electron chi connectivity index (χ2n) is 4.34. The van der Waals surface area contributed by atoms with Crippen LogP contribution in [-0.4, -0.2) is 7.05 Å². The number of halogens is 3. The summed E-state index contributed by atoms with van der Waals surface area (Å²) in [6.45, 7) is 0. The van der Waals surface area contributed by atoms with Crippen LogP contribution in [0.1, 0.15) is 17.2 Å². The Labute approximate surface area is 132 Å². The Kier molecular flexibility index (Phi) is 5.28. The lowest BCUT2D eigenvalue weighted by atomic mass is 9.99. The lowest BCUT2D eigenvalue weighted by Crippen LogP contribution is -2.19. The summed E-state index contributed by atoms with van der Waals surface area (Å²) in [5.41, 5.74) is 2.31. The maximum atomic E-state index is 6.27. The molecule has 0 radical (unpaired) electrons. The van der Waals surface area contributed by atoms with Crippen LogP contribution in [0.3, 0.4) is 0 Å². The molecule has 0 saturated heterocycles. The summed E-state index contributed by atoms with van der Waals surface area (Å²) < 4.78 is 1.09. The zero-order chi connectivity index (χ0) is 13.8. The van der Waals surface area contributed by atoms with Crippen LogP contribution in [0.25, 0.3) is 0 Å². The van der Waals surface area contributed by atoms with Crippen LogP contribution in [0.5, 0.6) is 0 Å². The molecule has 4 heteroatoms. The Morgan fingerprint density at radius 1 is 1.16 bits per heavy atom. The van der Waals surface area contributed by atoms with Gasteiger partial charge in [-0.1, -0.05) is 57.3 Å². The molecule has 0 spiro atoms. The van der Waals surface area contributed by atoms with Crippen molar-refractivity contribution in [3.8, 4) is 0 Å². The highest BCUT2D eigenvalue weighted by Gasteiger charge is 2.14. The second-order valence-corrected chi connectivity index (χ2v) is 6.10. The third-order valence-electron chi connectivity index (χ3n) is 3.02. The average molecular weight is 359 g/mol. The SMILES string of the molecule is CNC(Cc1cccc(Br)c1)c1ccc(Cl)cc1Cl. The van der Waals surface area contributed by atoms with Crippen LogP contribution in [0.4, 0.5) is 0 Å². The summed E-state index contributed by atoms with van der Waals surface area (Å²) in [4.78, 5) is 0. The van der Waals surface area contributed by atoms with Gasteiger partial charge in [0.2, 0.25) is 0 Å². The first-order valence-electron chi connectivity index (χ1n) is 5.97. The molecule has 2 rings (SSSR count). The number of nitrogens with one attached hydrogen (secondary N) is 1. The van der Waals surface area contributed by atoms with Crippen molar-refractivity contribution in [2.24, 2.45) is 0 Å². The number of hydrogen-bond acceptors (Lipinski definition) is 1. The van der Waals surface area contributed by atoms with Crippen molar-refractivity contribution in [2.75, 3.05) is 7.05 Å². The van der Waals surface area contributed by atoms with Crippen LogP contribution < -0.4 is 5.32 Å². The van der Waals surface area contributed by atoms with Crippen molar-refractivity contribution in [2.45, 2.75) is 12.5 Å². The van der Waals surface area contributed by atoms with E-state index in [1.165, 1.54) is 5.56 Å². The first kappa shape index (κ1) is 14.9. The highest BCUT2D eigenvalue weighted by molar-refractivity contribution is 9.10. The third-order valence-corrected chi connectivity index (χ3v) is 4.07. The lowest BCUT2D eigenvalue weighted by molar-refractivity contribution is 0.592. The fourth-order valence-electron chi connectivity index (χ4n) is 2.05. The van der Waals surface area contributed by atoms with E-state index in [0.29, 0.717) is 10.0 Å². The molecule has 0 aliphatic carbocycles. The van der Waals surface area contributed by atoms with Gasteiger partial charge in [0.25, 0.3) is 0 Å². The molecule has 19 heavy (non-hydrogen) atoms. The molecule has 0 saturated carbocycles. The summed E-state index contributed by atoms with van der Waals surface area (Å²) in [6, 6.07) is 14.1. The number of rotatable bonds is 4. The predicted molar refractivity (Wildman–Crippen MR) is 86.1 cm³/mol. The van der Waals surface area contributed by atoms with E-state index in [-0.39, 0.29) is 6.04 Å². The second kappa shape index (κ2) is 6.76. The molecule has 1 atom stereocenters. The zero-order valence-corrected chi connectivity index (χ0v) is 13.6. The van der Waals surface area contributed by atoms with Crippen molar-refractivity contribution in [1.29, 1.82) is 0 Å². The molecule has 0 aliphatic rings. The van der Waals surface area contributed by atoms with Crippen LogP contribution in [0, 0.1) is 0 Å². The van der Waals surface area contributed by atoms with Gasteiger partial charge in [-0.15, -0.1) is 0 Å². The Morgan fingerprint density at radius 2 is 1.95 bits per heavy atom. The summed E-state index contributed by atoms with van der Waals surface area (Å²) in [5.74, 6) is 0. The van der Waals surface area contributed by atoms with Crippen molar-refractivity contribution in [3.05, 3.63) is 68.1 Å². The molecular formula is C15H14BrCl2N. The van der Waals surface area contributed by atoms with E-state index in [9.17, 15) is 0 Å². The highest BCUT2D eigenvalue weighted by Crippen LogP contribution is 2.28. The van der Waals surface area contributed by atoms with Crippen molar-refractivity contribution < 1.29 is 0 Å². The number of benzene rings is 2. The molecule has 0 fully saturated rings. The van der Waals surface area contributed by atoms with Gasteiger partial charge in [0.1, 0.15) is 0 Å². The zero-order valence-electron chi connectivity index (χ0n) is 10.5. The van der Waals surface area contributed by atoms with Crippen LogP contribution in [0.15, 0.2) is 46.9 Å². The highest BCUT2D eigenvalue weighted by atomic mass is 79.9. The van der Waals surface area contributed by atoms with Gasteiger partial charge in [-0.3, -0.25) is 0 Å². The van der Waals surface area contributed by atoms with E-state index in [0.717, 1.165) is 16.5 Å². The first-order valence-corrected chi connectivity index (χ1v) is 7.51. The van der Waals surface area contributed by atoms with Crippen LogP contribution >= 0.6 is 39.1 Å². The van der Waals surface area contributed by atoms with Gasteiger partial charge in [-0.2, -0.15) is 0 Å². The third kappa shape index (κ3) is 3.96. The molecular weight excluding hydrogens is 345 g/mol. The fourth-order valence-corrected chi connectivity index (χ4v) is 3.04. The van der Waals surface area contributed by atoms with Gasteiger partial charge >= 0.3 is 0 Å². The summed E-state index contributed by atoms with van der Waals surface area (Å²) in [6.07, 6.45) is 0.872. The van der Waals surface area contributed by atoms with Crippen LogP contribution in [-0.2, 0) is 6.42 Å². The Morgan fingerprint density at radius 3 is 2.58 bits per heavy atom. The maximum absolute atomic E-state index is 6.27. The smallest absolute Gasteiger partial charge is 0.0468 e. The minimum atomic E-state index is 0.166.